The molecule has 0 unspecified atom stereocenters. The van der Waals surface area contributed by atoms with Gasteiger partial charge in [0.05, 0.1) is 5.56 Å². The van der Waals surface area contributed by atoms with Gasteiger partial charge in [-0.15, -0.1) is 0 Å². The number of carbonyl (C=O) groups excluding carboxylic acids is 2. The third kappa shape index (κ3) is 2.45. The van der Waals surface area contributed by atoms with E-state index >= 15 is 0 Å². The van der Waals surface area contributed by atoms with Crippen molar-refractivity contribution in [2.45, 2.75) is 39.8 Å². The van der Waals surface area contributed by atoms with E-state index in [0.717, 1.165) is 6.08 Å². The molecule has 25 heavy (non-hydrogen) atoms. The van der Waals surface area contributed by atoms with Gasteiger partial charge in [-0.1, -0.05) is 20.8 Å². The molecule has 2 saturated carbocycles. The van der Waals surface area contributed by atoms with Crippen molar-refractivity contribution < 1.29 is 27.2 Å². The Morgan fingerprint density at radius 3 is 2.40 bits per heavy atom. The standard InChI is InChI=1S/C19H18F4O2/c1-17(2)13-6-7-18(17,3)16(25)12(13)9-15(24)11-8-10(20)4-5-14(11)19(21,22)23/h4-5,8-9,13H,6-7H2,1-3H3/t13-,18+/m0/s1. The van der Waals surface area contributed by atoms with Gasteiger partial charge in [0.25, 0.3) is 0 Å². The summed E-state index contributed by atoms with van der Waals surface area (Å²) in [5.74, 6) is -2.27. The van der Waals surface area contributed by atoms with Crippen LogP contribution in [0, 0.1) is 22.6 Å². The van der Waals surface area contributed by atoms with E-state index in [1.54, 1.807) is 0 Å². The Hall–Kier alpha value is -1.98. The van der Waals surface area contributed by atoms with E-state index in [0.29, 0.717) is 31.0 Å². The van der Waals surface area contributed by atoms with Gasteiger partial charge < -0.3 is 0 Å². The Kier molecular flexibility index (Phi) is 3.75. The number of Topliss-reactive ketones (excluding diaryl/α,β-unsaturated/α-hetero) is 1. The number of rotatable bonds is 2. The number of ketones is 2. The van der Waals surface area contributed by atoms with Crippen molar-refractivity contribution in [2.24, 2.45) is 16.7 Å². The minimum absolute atomic E-state index is 0.170. The van der Waals surface area contributed by atoms with Gasteiger partial charge in [-0.05, 0) is 48.4 Å². The number of halogens is 4. The number of allylic oxidation sites excluding steroid dienone is 2. The monoisotopic (exact) mass is 354 g/mol. The van der Waals surface area contributed by atoms with Crippen LogP contribution in [0.1, 0.15) is 49.5 Å². The molecule has 6 heteroatoms. The highest BCUT2D eigenvalue weighted by Gasteiger charge is 2.64. The van der Waals surface area contributed by atoms with Crippen LogP contribution in [0.25, 0.3) is 0 Å². The van der Waals surface area contributed by atoms with Crippen molar-refractivity contribution in [3.63, 3.8) is 0 Å². The largest absolute Gasteiger partial charge is 0.417 e. The Morgan fingerprint density at radius 2 is 1.88 bits per heavy atom. The van der Waals surface area contributed by atoms with Crippen molar-refractivity contribution in [3.8, 4) is 0 Å². The molecule has 0 aliphatic heterocycles. The molecule has 2 bridgehead atoms. The van der Waals surface area contributed by atoms with Crippen molar-refractivity contribution in [2.75, 3.05) is 0 Å². The molecule has 0 heterocycles. The quantitative estimate of drug-likeness (QED) is 0.426. The molecule has 0 saturated heterocycles. The molecule has 0 N–H and O–H groups in total. The summed E-state index contributed by atoms with van der Waals surface area (Å²) in [7, 11) is 0. The lowest BCUT2D eigenvalue weighted by molar-refractivity contribution is -0.137. The molecule has 134 valence electrons. The molecule has 0 spiro atoms. The summed E-state index contributed by atoms with van der Waals surface area (Å²) in [6.07, 6.45) is -2.38. The van der Waals surface area contributed by atoms with Crippen molar-refractivity contribution >= 4 is 11.6 Å². The van der Waals surface area contributed by atoms with Gasteiger partial charge in [-0.3, -0.25) is 9.59 Å². The van der Waals surface area contributed by atoms with Gasteiger partial charge >= 0.3 is 6.18 Å². The molecule has 0 radical (unpaired) electrons. The van der Waals surface area contributed by atoms with Crippen molar-refractivity contribution in [1.29, 1.82) is 0 Å². The van der Waals surface area contributed by atoms with E-state index in [1.165, 1.54) is 0 Å². The maximum atomic E-state index is 13.4. The Labute approximate surface area is 142 Å². The van der Waals surface area contributed by atoms with Crippen LogP contribution < -0.4 is 0 Å². The number of hydrogen-bond donors (Lipinski definition) is 0. The van der Waals surface area contributed by atoms with Crippen LogP contribution in [0.5, 0.6) is 0 Å². The van der Waals surface area contributed by atoms with Crippen LogP contribution in [0.15, 0.2) is 29.8 Å². The van der Waals surface area contributed by atoms with Gasteiger partial charge in [-0.2, -0.15) is 13.2 Å². The third-order valence-corrected chi connectivity index (χ3v) is 6.20. The second-order valence-electron chi connectivity index (χ2n) is 7.63. The Morgan fingerprint density at radius 1 is 1.24 bits per heavy atom. The minimum atomic E-state index is -4.78. The van der Waals surface area contributed by atoms with Crippen LogP contribution in [0.3, 0.4) is 0 Å². The molecule has 2 atom stereocenters. The summed E-state index contributed by atoms with van der Waals surface area (Å²) >= 11 is 0. The fourth-order valence-corrected chi connectivity index (χ4v) is 4.28. The minimum Gasteiger partial charge on any atom is -0.294 e. The summed E-state index contributed by atoms with van der Waals surface area (Å²) in [6, 6.07) is 1.79. The fourth-order valence-electron chi connectivity index (χ4n) is 4.28. The second-order valence-corrected chi connectivity index (χ2v) is 7.63. The molecule has 0 amide bonds. The summed E-state index contributed by atoms with van der Waals surface area (Å²) in [5, 5.41) is 0. The fraction of sp³-hybridized carbons (Fsp3) is 0.474. The molecule has 0 aromatic heterocycles. The first-order valence-electron chi connectivity index (χ1n) is 8.07. The molecule has 2 aliphatic carbocycles. The Balaban J connectivity index is 2.06. The first-order chi connectivity index (χ1) is 11.4. The Bertz CT molecular complexity index is 804. The molecular formula is C19H18F4O2. The summed E-state index contributed by atoms with van der Waals surface area (Å²) in [6.45, 7) is 5.72. The van der Waals surface area contributed by atoms with E-state index in [2.05, 4.69) is 0 Å². The van der Waals surface area contributed by atoms with Gasteiger partial charge in [0.1, 0.15) is 5.82 Å². The number of carbonyl (C=O) groups is 2. The number of hydrogen-bond acceptors (Lipinski definition) is 2. The summed E-state index contributed by atoms with van der Waals surface area (Å²) in [4.78, 5) is 25.2. The molecule has 1 aromatic carbocycles. The molecule has 1 aromatic rings. The lowest BCUT2D eigenvalue weighted by atomic mass is 9.70. The summed E-state index contributed by atoms with van der Waals surface area (Å²) < 4.78 is 52.7. The van der Waals surface area contributed by atoms with E-state index in [1.807, 2.05) is 20.8 Å². The van der Waals surface area contributed by atoms with Crippen LogP contribution in [-0.2, 0) is 11.0 Å². The smallest absolute Gasteiger partial charge is 0.294 e. The lowest BCUT2D eigenvalue weighted by Crippen LogP contribution is -2.32. The zero-order chi connectivity index (χ0) is 18.8. The van der Waals surface area contributed by atoms with E-state index in [-0.39, 0.29) is 22.7 Å². The average molecular weight is 354 g/mol. The van der Waals surface area contributed by atoms with Crippen LogP contribution in [0.2, 0.25) is 0 Å². The van der Waals surface area contributed by atoms with Gasteiger partial charge in [0, 0.05) is 16.6 Å². The second kappa shape index (κ2) is 5.26. The third-order valence-electron chi connectivity index (χ3n) is 6.20. The summed E-state index contributed by atoms with van der Waals surface area (Å²) in [5.41, 5.74) is -2.67. The van der Waals surface area contributed by atoms with Crippen LogP contribution in [-0.4, -0.2) is 11.6 Å². The van der Waals surface area contributed by atoms with E-state index in [4.69, 9.17) is 0 Å². The first-order valence-corrected chi connectivity index (χ1v) is 8.07. The highest BCUT2D eigenvalue weighted by Crippen LogP contribution is 2.65. The van der Waals surface area contributed by atoms with E-state index in [9.17, 15) is 27.2 Å². The van der Waals surface area contributed by atoms with Crippen LogP contribution in [0.4, 0.5) is 17.6 Å². The van der Waals surface area contributed by atoms with E-state index < -0.39 is 34.3 Å². The molecule has 2 fully saturated rings. The van der Waals surface area contributed by atoms with Crippen molar-refractivity contribution in [3.05, 3.63) is 46.8 Å². The average Bonchev–Trinajstić information content (AvgIpc) is 2.80. The zero-order valence-electron chi connectivity index (χ0n) is 14.1. The molecule has 3 rings (SSSR count). The highest BCUT2D eigenvalue weighted by molar-refractivity contribution is 6.13. The molecule has 2 aliphatic rings. The molecular weight excluding hydrogens is 336 g/mol. The maximum Gasteiger partial charge on any atom is 0.417 e. The van der Waals surface area contributed by atoms with Gasteiger partial charge in [0.2, 0.25) is 0 Å². The lowest BCUT2D eigenvalue weighted by Gasteiger charge is -2.31. The molecule has 2 nitrogen and oxygen atoms in total. The first kappa shape index (κ1) is 17.8. The van der Waals surface area contributed by atoms with Crippen LogP contribution >= 0.6 is 0 Å². The number of alkyl halides is 3. The maximum absolute atomic E-state index is 13.4. The highest BCUT2D eigenvalue weighted by atomic mass is 19.4. The van der Waals surface area contributed by atoms with Crippen molar-refractivity contribution in [1.82, 2.24) is 0 Å². The topological polar surface area (TPSA) is 34.1 Å². The SMILES string of the molecule is CC1(C)[C@H]2CC[C@]1(C)C(=O)C2=CC(=O)c1cc(F)ccc1C(F)(F)F. The number of fused-ring (bicyclic) bond motifs is 2. The normalized spacial score (nSPS) is 29.5. The zero-order valence-corrected chi connectivity index (χ0v) is 14.1. The van der Waals surface area contributed by atoms with Gasteiger partial charge in [-0.25, -0.2) is 4.39 Å². The predicted molar refractivity (Wildman–Crippen MR) is 83.4 cm³/mol. The van der Waals surface area contributed by atoms with Gasteiger partial charge in [0.15, 0.2) is 11.6 Å². The predicted octanol–water partition coefficient (Wildman–Crippen LogP) is 4.98. The number of benzene rings is 1.